The molecule has 0 fully saturated rings. The van der Waals surface area contributed by atoms with Crippen LogP contribution >= 0.6 is 0 Å². The van der Waals surface area contributed by atoms with Crippen LogP contribution in [0.25, 0.3) is 0 Å². The van der Waals surface area contributed by atoms with E-state index in [1.54, 1.807) is 11.8 Å². The number of para-hydroxylation sites is 2. The predicted molar refractivity (Wildman–Crippen MR) is 115 cm³/mol. The van der Waals surface area contributed by atoms with Crippen molar-refractivity contribution in [2.45, 2.75) is 52.1 Å². The summed E-state index contributed by atoms with van der Waals surface area (Å²) >= 11 is 0. The number of carbonyl (C=O) groups is 2. The predicted octanol–water partition coefficient (Wildman–Crippen LogP) is 3.85. The van der Waals surface area contributed by atoms with E-state index < -0.39 is 6.10 Å². The largest absolute Gasteiger partial charge is 0.479 e. The van der Waals surface area contributed by atoms with Gasteiger partial charge in [-0.1, -0.05) is 57.2 Å². The van der Waals surface area contributed by atoms with Gasteiger partial charge >= 0.3 is 0 Å². The maximum atomic E-state index is 12.5. The molecule has 1 N–H and O–H groups in total. The van der Waals surface area contributed by atoms with E-state index in [1.165, 1.54) is 11.1 Å². The van der Waals surface area contributed by atoms with Crippen LogP contribution in [0.2, 0.25) is 0 Å². The molecular formula is C24H30N2O3. The third-order valence-electron chi connectivity index (χ3n) is 5.19. The number of carbonyl (C=O) groups excluding carboxylic acids is 2. The molecule has 0 radical (unpaired) electrons. The number of amides is 2. The van der Waals surface area contributed by atoms with Gasteiger partial charge in [-0.3, -0.25) is 9.59 Å². The normalized spacial score (nSPS) is 16.2. The van der Waals surface area contributed by atoms with Crippen LogP contribution in [-0.2, 0) is 21.4 Å². The van der Waals surface area contributed by atoms with E-state index in [9.17, 15) is 9.59 Å². The Labute approximate surface area is 173 Å². The summed E-state index contributed by atoms with van der Waals surface area (Å²) in [6.45, 7) is 9.24. The molecule has 5 nitrogen and oxygen atoms in total. The number of benzene rings is 2. The van der Waals surface area contributed by atoms with E-state index in [0.717, 1.165) is 12.1 Å². The number of ether oxygens (including phenoxy) is 1. The van der Waals surface area contributed by atoms with Crippen molar-refractivity contribution in [2.75, 3.05) is 18.0 Å². The number of nitrogens with one attached hydrogen (secondary N) is 1. The lowest BCUT2D eigenvalue weighted by atomic mass is 9.86. The van der Waals surface area contributed by atoms with Gasteiger partial charge in [-0.15, -0.1) is 0 Å². The molecule has 1 heterocycles. The molecule has 1 aliphatic rings. The highest BCUT2D eigenvalue weighted by atomic mass is 16.5. The monoisotopic (exact) mass is 394 g/mol. The number of fused-ring (bicyclic) bond motifs is 1. The zero-order valence-corrected chi connectivity index (χ0v) is 17.7. The standard InChI is InChI=1S/C24H30N2O3/c1-17-23(28)26(20-7-5-6-8-21(20)29-17)16-14-22(27)25-15-13-18-9-11-19(12-10-18)24(2,3)4/h5-12,17H,13-16H2,1-4H3,(H,25,27). The Balaban J connectivity index is 1.48. The SMILES string of the molecule is CC1Oc2ccccc2N(CCC(=O)NCCc2ccc(C(C)(C)C)cc2)C1=O. The van der Waals surface area contributed by atoms with Crippen molar-refractivity contribution in [3.8, 4) is 5.75 Å². The lowest BCUT2D eigenvalue weighted by Gasteiger charge is -2.32. The molecule has 1 atom stereocenters. The highest BCUT2D eigenvalue weighted by Crippen LogP contribution is 2.33. The molecule has 5 heteroatoms. The number of anilines is 1. The third kappa shape index (κ3) is 5.17. The topological polar surface area (TPSA) is 58.6 Å². The summed E-state index contributed by atoms with van der Waals surface area (Å²) in [5.74, 6) is 0.509. The van der Waals surface area contributed by atoms with Crippen LogP contribution in [0.15, 0.2) is 48.5 Å². The van der Waals surface area contributed by atoms with Gasteiger partial charge in [-0.2, -0.15) is 0 Å². The first-order valence-electron chi connectivity index (χ1n) is 10.2. The number of nitrogens with zero attached hydrogens (tertiary/aromatic N) is 1. The summed E-state index contributed by atoms with van der Waals surface area (Å²) in [5, 5.41) is 2.96. The van der Waals surface area contributed by atoms with Crippen LogP contribution < -0.4 is 15.0 Å². The Morgan fingerprint density at radius 3 is 2.48 bits per heavy atom. The van der Waals surface area contributed by atoms with Crippen LogP contribution in [-0.4, -0.2) is 31.0 Å². The van der Waals surface area contributed by atoms with Gasteiger partial charge in [-0.25, -0.2) is 0 Å². The fraction of sp³-hybridized carbons (Fsp3) is 0.417. The fourth-order valence-electron chi connectivity index (χ4n) is 3.41. The van der Waals surface area contributed by atoms with Crippen molar-refractivity contribution in [3.63, 3.8) is 0 Å². The van der Waals surface area contributed by atoms with Crippen LogP contribution in [0.3, 0.4) is 0 Å². The molecule has 1 aliphatic heterocycles. The number of hydrogen-bond donors (Lipinski definition) is 1. The second kappa shape index (κ2) is 8.68. The molecule has 29 heavy (non-hydrogen) atoms. The third-order valence-corrected chi connectivity index (χ3v) is 5.19. The molecule has 2 aromatic rings. The first-order chi connectivity index (χ1) is 13.8. The second-order valence-corrected chi connectivity index (χ2v) is 8.51. The van der Waals surface area contributed by atoms with Crippen molar-refractivity contribution < 1.29 is 14.3 Å². The lowest BCUT2D eigenvalue weighted by Crippen LogP contribution is -2.45. The van der Waals surface area contributed by atoms with Crippen molar-refractivity contribution in [1.29, 1.82) is 0 Å². The van der Waals surface area contributed by atoms with Crippen LogP contribution in [0, 0.1) is 0 Å². The van der Waals surface area contributed by atoms with Gasteiger partial charge in [0.15, 0.2) is 6.10 Å². The summed E-state index contributed by atoms with van der Waals surface area (Å²) in [5.41, 5.74) is 3.36. The van der Waals surface area contributed by atoms with Crippen molar-refractivity contribution in [3.05, 3.63) is 59.7 Å². The molecule has 0 aliphatic carbocycles. The van der Waals surface area contributed by atoms with Gasteiger partial charge in [0.05, 0.1) is 5.69 Å². The minimum Gasteiger partial charge on any atom is -0.479 e. The Hall–Kier alpha value is -2.82. The molecule has 154 valence electrons. The zero-order chi connectivity index (χ0) is 21.0. The molecule has 0 saturated heterocycles. The molecule has 1 unspecified atom stereocenters. The first-order valence-corrected chi connectivity index (χ1v) is 10.2. The smallest absolute Gasteiger partial charge is 0.267 e. The van der Waals surface area contributed by atoms with Crippen LogP contribution in [0.5, 0.6) is 5.75 Å². The average Bonchev–Trinajstić information content (AvgIpc) is 2.68. The number of rotatable bonds is 6. The fourth-order valence-corrected chi connectivity index (χ4v) is 3.41. The van der Waals surface area contributed by atoms with Crippen LogP contribution in [0.4, 0.5) is 5.69 Å². The van der Waals surface area contributed by atoms with E-state index in [-0.39, 0.29) is 23.7 Å². The summed E-state index contributed by atoms with van der Waals surface area (Å²) in [4.78, 5) is 26.4. The van der Waals surface area contributed by atoms with E-state index in [2.05, 4.69) is 50.4 Å². The molecule has 0 aromatic heterocycles. The molecule has 2 amide bonds. The molecule has 0 spiro atoms. The summed E-state index contributed by atoms with van der Waals surface area (Å²) in [7, 11) is 0. The molecule has 0 bridgehead atoms. The lowest BCUT2D eigenvalue weighted by molar-refractivity contribution is -0.125. The molecule has 2 aromatic carbocycles. The molecule has 0 saturated carbocycles. The van der Waals surface area contributed by atoms with Crippen molar-refractivity contribution in [2.24, 2.45) is 0 Å². The second-order valence-electron chi connectivity index (χ2n) is 8.51. The maximum Gasteiger partial charge on any atom is 0.267 e. The van der Waals surface area contributed by atoms with Crippen molar-refractivity contribution in [1.82, 2.24) is 5.32 Å². The van der Waals surface area contributed by atoms with E-state index >= 15 is 0 Å². The molecule has 3 rings (SSSR count). The van der Waals surface area contributed by atoms with Gasteiger partial charge in [0.2, 0.25) is 5.91 Å². The van der Waals surface area contributed by atoms with Gasteiger partial charge in [-0.05, 0) is 42.0 Å². The van der Waals surface area contributed by atoms with Gasteiger partial charge in [0.25, 0.3) is 5.91 Å². The van der Waals surface area contributed by atoms with Crippen LogP contribution in [0.1, 0.15) is 45.2 Å². The first kappa shape index (κ1) is 20.9. The Bertz CT molecular complexity index is 868. The highest BCUT2D eigenvalue weighted by Gasteiger charge is 2.31. The van der Waals surface area contributed by atoms with E-state index in [0.29, 0.717) is 18.8 Å². The minimum atomic E-state index is -0.538. The maximum absolute atomic E-state index is 12.5. The van der Waals surface area contributed by atoms with Gasteiger partial charge in [0, 0.05) is 19.5 Å². The Kier molecular flexibility index (Phi) is 6.26. The summed E-state index contributed by atoms with van der Waals surface area (Å²) in [6, 6.07) is 16.0. The van der Waals surface area contributed by atoms with Gasteiger partial charge < -0.3 is 15.0 Å². The summed E-state index contributed by atoms with van der Waals surface area (Å²) < 4.78 is 5.63. The highest BCUT2D eigenvalue weighted by molar-refractivity contribution is 6.00. The quantitative estimate of drug-likeness (QED) is 0.810. The zero-order valence-electron chi connectivity index (χ0n) is 17.7. The van der Waals surface area contributed by atoms with E-state index in [1.807, 2.05) is 24.3 Å². The number of hydrogen-bond acceptors (Lipinski definition) is 3. The Morgan fingerprint density at radius 1 is 1.10 bits per heavy atom. The average molecular weight is 395 g/mol. The summed E-state index contributed by atoms with van der Waals surface area (Å²) in [6.07, 6.45) is 0.506. The minimum absolute atomic E-state index is 0.0549. The Morgan fingerprint density at radius 2 is 1.79 bits per heavy atom. The van der Waals surface area contributed by atoms with Gasteiger partial charge in [0.1, 0.15) is 5.75 Å². The van der Waals surface area contributed by atoms with E-state index in [4.69, 9.17) is 4.74 Å². The molecular weight excluding hydrogens is 364 g/mol. The van der Waals surface area contributed by atoms with Crippen molar-refractivity contribution >= 4 is 17.5 Å².